The average Bonchev–Trinajstić information content (AvgIpc) is 2.42. The SMILES string of the molecule is COc1ccc(OC)c(C(C)NCCOC(C)C)c1. The van der Waals surface area contributed by atoms with E-state index in [0.29, 0.717) is 6.61 Å². The lowest BCUT2D eigenvalue weighted by Gasteiger charge is -2.18. The standard InChI is InChI=1S/C15H25NO3/c1-11(2)19-9-8-16-12(3)14-10-13(17-4)6-7-15(14)18-5/h6-7,10-12,16H,8-9H2,1-5H3. The molecule has 0 aliphatic rings. The zero-order chi connectivity index (χ0) is 14.3. The first kappa shape index (κ1) is 15.8. The number of nitrogens with one attached hydrogen (secondary N) is 1. The molecule has 108 valence electrons. The fourth-order valence-electron chi connectivity index (χ4n) is 1.86. The third kappa shape index (κ3) is 5.09. The highest BCUT2D eigenvalue weighted by Gasteiger charge is 2.12. The van der Waals surface area contributed by atoms with Gasteiger partial charge in [0.15, 0.2) is 0 Å². The Morgan fingerprint density at radius 3 is 2.42 bits per heavy atom. The van der Waals surface area contributed by atoms with Crippen LogP contribution in [0.4, 0.5) is 0 Å². The van der Waals surface area contributed by atoms with Crippen LogP contribution in [-0.4, -0.2) is 33.5 Å². The van der Waals surface area contributed by atoms with Crippen LogP contribution in [0.5, 0.6) is 11.5 Å². The second-order valence-electron chi connectivity index (χ2n) is 4.70. The van der Waals surface area contributed by atoms with Gasteiger partial charge in [-0.2, -0.15) is 0 Å². The Labute approximate surface area is 116 Å². The van der Waals surface area contributed by atoms with Crippen molar-refractivity contribution in [1.29, 1.82) is 0 Å². The summed E-state index contributed by atoms with van der Waals surface area (Å²) in [5.74, 6) is 1.70. The average molecular weight is 267 g/mol. The molecule has 1 aromatic rings. The molecule has 0 spiro atoms. The van der Waals surface area contributed by atoms with Crippen molar-refractivity contribution in [3.8, 4) is 11.5 Å². The molecule has 0 aliphatic heterocycles. The van der Waals surface area contributed by atoms with Gasteiger partial charge in [-0.05, 0) is 39.0 Å². The monoisotopic (exact) mass is 267 g/mol. The Hall–Kier alpha value is -1.26. The fourth-order valence-corrected chi connectivity index (χ4v) is 1.86. The number of ether oxygens (including phenoxy) is 3. The molecular weight excluding hydrogens is 242 g/mol. The Bertz CT molecular complexity index is 380. The van der Waals surface area contributed by atoms with E-state index in [1.807, 2.05) is 32.0 Å². The first-order valence-corrected chi connectivity index (χ1v) is 6.65. The van der Waals surface area contributed by atoms with Crippen molar-refractivity contribution in [3.05, 3.63) is 23.8 Å². The molecule has 1 rings (SSSR count). The Morgan fingerprint density at radius 2 is 1.84 bits per heavy atom. The van der Waals surface area contributed by atoms with Crippen molar-refractivity contribution >= 4 is 0 Å². The van der Waals surface area contributed by atoms with Crippen molar-refractivity contribution in [3.63, 3.8) is 0 Å². The van der Waals surface area contributed by atoms with Crippen LogP contribution in [0.25, 0.3) is 0 Å². The molecule has 1 aromatic carbocycles. The van der Waals surface area contributed by atoms with Gasteiger partial charge in [0.2, 0.25) is 0 Å². The second-order valence-corrected chi connectivity index (χ2v) is 4.70. The van der Waals surface area contributed by atoms with E-state index >= 15 is 0 Å². The van der Waals surface area contributed by atoms with Crippen LogP contribution < -0.4 is 14.8 Å². The minimum Gasteiger partial charge on any atom is -0.497 e. The molecule has 1 N–H and O–H groups in total. The van der Waals surface area contributed by atoms with Gasteiger partial charge in [0.05, 0.1) is 26.9 Å². The summed E-state index contributed by atoms with van der Waals surface area (Å²) in [4.78, 5) is 0. The van der Waals surface area contributed by atoms with E-state index in [0.717, 1.165) is 23.6 Å². The second kappa shape index (κ2) is 8.02. The third-order valence-corrected chi connectivity index (χ3v) is 2.91. The van der Waals surface area contributed by atoms with Crippen LogP contribution in [0.2, 0.25) is 0 Å². The molecule has 0 saturated carbocycles. The summed E-state index contributed by atoms with van der Waals surface area (Å²) in [6, 6.07) is 6.01. The van der Waals surface area contributed by atoms with Crippen LogP contribution in [-0.2, 0) is 4.74 Å². The summed E-state index contributed by atoms with van der Waals surface area (Å²) in [6.07, 6.45) is 0.267. The predicted molar refractivity (Wildman–Crippen MR) is 77.1 cm³/mol. The maximum absolute atomic E-state index is 5.51. The highest BCUT2D eigenvalue weighted by atomic mass is 16.5. The van der Waals surface area contributed by atoms with Crippen LogP contribution in [0.3, 0.4) is 0 Å². The zero-order valence-electron chi connectivity index (χ0n) is 12.5. The van der Waals surface area contributed by atoms with Crippen molar-refractivity contribution in [2.45, 2.75) is 32.9 Å². The van der Waals surface area contributed by atoms with Crippen LogP contribution >= 0.6 is 0 Å². The summed E-state index contributed by atoms with van der Waals surface area (Å²) >= 11 is 0. The largest absolute Gasteiger partial charge is 0.497 e. The van der Waals surface area contributed by atoms with Crippen LogP contribution in [0, 0.1) is 0 Å². The van der Waals surface area contributed by atoms with Gasteiger partial charge in [0, 0.05) is 18.2 Å². The van der Waals surface area contributed by atoms with E-state index in [1.54, 1.807) is 14.2 Å². The number of rotatable bonds is 8. The van der Waals surface area contributed by atoms with E-state index in [4.69, 9.17) is 14.2 Å². The van der Waals surface area contributed by atoms with E-state index in [2.05, 4.69) is 12.2 Å². The molecule has 19 heavy (non-hydrogen) atoms. The van der Waals surface area contributed by atoms with Gasteiger partial charge in [-0.25, -0.2) is 0 Å². The lowest BCUT2D eigenvalue weighted by atomic mass is 10.1. The van der Waals surface area contributed by atoms with E-state index in [1.165, 1.54) is 0 Å². The molecule has 0 radical (unpaired) electrons. The molecule has 0 heterocycles. The molecule has 0 amide bonds. The van der Waals surface area contributed by atoms with Gasteiger partial charge in [-0.1, -0.05) is 0 Å². The molecule has 4 heteroatoms. The third-order valence-electron chi connectivity index (χ3n) is 2.91. The maximum atomic E-state index is 5.51. The normalized spacial score (nSPS) is 12.5. The summed E-state index contributed by atoms with van der Waals surface area (Å²) < 4.78 is 16.1. The van der Waals surface area contributed by atoms with E-state index < -0.39 is 0 Å². The molecule has 4 nitrogen and oxygen atoms in total. The topological polar surface area (TPSA) is 39.7 Å². The van der Waals surface area contributed by atoms with Crippen LogP contribution in [0.15, 0.2) is 18.2 Å². The Morgan fingerprint density at radius 1 is 1.11 bits per heavy atom. The highest BCUT2D eigenvalue weighted by Crippen LogP contribution is 2.28. The summed E-state index contributed by atoms with van der Waals surface area (Å²) in [6.45, 7) is 7.68. The number of hydrogen-bond donors (Lipinski definition) is 1. The Kier molecular flexibility index (Phi) is 6.67. The van der Waals surface area contributed by atoms with Gasteiger partial charge < -0.3 is 19.5 Å². The fraction of sp³-hybridized carbons (Fsp3) is 0.600. The quantitative estimate of drug-likeness (QED) is 0.735. The zero-order valence-corrected chi connectivity index (χ0v) is 12.5. The van der Waals surface area contributed by atoms with E-state index in [-0.39, 0.29) is 12.1 Å². The number of benzene rings is 1. The molecule has 0 fully saturated rings. The molecule has 1 atom stereocenters. The van der Waals surface area contributed by atoms with Gasteiger partial charge in [0.25, 0.3) is 0 Å². The number of hydrogen-bond acceptors (Lipinski definition) is 4. The predicted octanol–water partition coefficient (Wildman–Crippen LogP) is 2.78. The molecular formula is C15H25NO3. The van der Waals surface area contributed by atoms with Crippen molar-refractivity contribution in [2.24, 2.45) is 0 Å². The minimum absolute atomic E-state index is 0.181. The first-order valence-electron chi connectivity index (χ1n) is 6.65. The highest BCUT2D eigenvalue weighted by molar-refractivity contribution is 5.42. The first-order chi connectivity index (χ1) is 9.08. The Balaban J connectivity index is 2.61. The molecule has 0 aromatic heterocycles. The van der Waals surface area contributed by atoms with Gasteiger partial charge in [-0.15, -0.1) is 0 Å². The lowest BCUT2D eigenvalue weighted by Crippen LogP contribution is -2.24. The minimum atomic E-state index is 0.181. The lowest BCUT2D eigenvalue weighted by molar-refractivity contribution is 0.0796. The molecule has 0 aliphatic carbocycles. The summed E-state index contributed by atoms with van der Waals surface area (Å²) in [5.41, 5.74) is 1.09. The molecule has 0 saturated heterocycles. The van der Waals surface area contributed by atoms with Crippen molar-refractivity contribution < 1.29 is 14.2 Å². The van der Waals surface area contributed by atoms with Gasteiger partial charge in [0.1, 0.15) is 11.5 Å². The molecule has 1 unspecified atom stereocenters. The summed E-state index contributed by atoms with van der Waals surface area (Å²) in [5, 5.41) is 3.42. The van der Waals surface area contributed by atoms with Crippen molar-refractivity contribution in [2.75, 3.05) is 27.4 Å². The smallest absolute Gasteiger partial charge is 0.123 e. The maximum Gasteiger partial charge on any atom is 0.123 e. The number of methoxy groups -OCH3 is 2. The summed E-state index contributed by atoms with van der Waals surface area (Å²) in [7, 11) is 3.35. The van der Waals surface area contributed by atoms with Crippen molar-refractivity contribution in [1.82, 2.24) is 5.32 Å². The molecule has 0 bridgehead atoms. The van der Waals surface area contributed by atoms with Gasteiger partial charge >= 0.3 is 0 Å². The van der Waals surface area contributed by atoms with Crippen LogP contribution in [0.1, 0.15) is 32.4 Å². The van der Waals surface area contributed by atoms with Gasteiger partial charge in [-0.3, -0.25) is 0 Å². The van der Waals surface area contributed by atoms with E-state index in [9.17, 15) is 0 Å².